The summed E-state index contributed by atoms with van der Waals surface area (Å²) in [5.74, 6) is 0.782. The van der Waals surface area contributed by atoms with Gasteiger partial charge in [0, 0.05) is 10.9 Å². The van der Waals surface area contributed by atoms with E-state index in [1.54, 1.807) is 0 Å². The van der Waals surface area contributed by atoms with E-state index in [1.165, 1.54) is 0 Å². The quantitative estimate of drug-likeness (QED) is 0.895. The molecule has 0 aliphatic rings. The van der Waals surface area contributed by atoms with Gasteiger partial charge in [-0.25, -0.2) is 0 Å². The van der Waals surface area contributed by atoms with Crippen molar-refractivity contribution >= 4 is 15.9 Å². The maximum absolute atomic E-state index is 8.44. The molecule has 1 rings (SSSR count). The van der Waals surface area contributed by atoms with Crippen molar-refractivity contribution in [2.24, 2.45) is 5.73 Å². The summed E-state index contributed by atoms with van der Waals surface area (Å²) in [7, 11) is 0. The van der Waals surface area contributed by atoms with Crippen molar-refractivity contribution in [3.8, 4) is 11.8 Å². The second-order valence-corrected chi connectivity index (χ2v) is 3.75. The van der Waals surface area contributed by atoms with E-state index in [0.717, 1.165) is 10.2 Å². The van der Waals surface area contributed by atoms with E-state index in [1.807, 2.05) is 30.3 Å². The Kier molecular flexibility index (Phi) is 4.44. The van der Waals surface area contributed by atoms with Crippen LogP contribution in [-0.4, -0.2) is 12.6 Å². The first-order chi connectivity index (χ1) is 6.72. The lowest BCUT2D eigenvalue weighted by atomic mass is 10.2. The van der Waals surface area contributed by atoms with Gasteiger partial charge in [0.1, 0.15) is 5.75 Å². The van der Waals surface area contributed by atoms with Crippen LogP contribution in [0.3, 0.4) is 0 Å². The summed E-state index contributed by atoms with van der Waals surface area (Å²) >= 11 is 3.34. The fraction of sp³-hybridized carbons (Fsp3) is 0.300. The molecule has 1 aromatic carbocycles. The van der Waals surface area contributed by atoms with Crippen LogP contribution < -0.4 is 10.5 Å². The highest BCUT2D eigenvalue weighted by Gasteiger charge is 2.00. The summed E-state index contributed by atoms with van der Waals surface area (Å²) in [6, 6.07) is 9.06. The molecule has 0 heterocycles. The zero-order chi connectivity index (χ0) is 10.4. The van der Waals surface area contributed by atoms with Crippen molar-refractivity contribution < 1.29 is 4.74 Å². The Morgan fingerprint density at radius 3 is 3.00 bits per heavy atom. The molecule has 0 saturated carbocycles. The maximum Gasteiger partial charge on any atom is 0.120 e. The van der Waals surface area contributed by atoms with E-state index in [2.05, 4.69) is 15.9 Å². The van der Waals surface area contributed by atoms with Crippen molar-refractivity contribution in [1.29, 1.82) is 5.26 Å². The van der Waals surface area contributed by atoms with Crippen molar-refractivity contribution in [2.45, 2.75) is 12.5 Å². The minimum absolute atomic E-state index is 0.442. The molecule has 1 unspecified atom stereocenters. The van der Waals surface area contributed by atoms with Crippen LogP contribution in [0.4, 0.5) is 0 Å². The predicted octanol–water partition coefficient (Wildman–Crippen LogP) is 2.07. The zero-order valence-electron chi connectivity index (χ0n) is 7.61. The molecule has 0 aromatic heterocycles. The Morgan fingerprint density at radius 2 is 2.36 bits per heavy atom. The third-order valence-electron chi connectivity index (χ3n) is 1.66. The molecule has 3 nitrogen and oxygen atoms in total. The lowest BCUT2D eigenvalue weighted by Crippen LogP contribution is -2.20. The van der Waals surface area contributed by atoms with E-state index < -0.39 is 6.04 Å². The third kappa shape index (κ3) is 3.77. The molecule has 2 N–H and O–H groups in total. The van der Waals surface area contributed by atoms with Crippen LogP contribution in [0.5, 0.6) is 5.75 Å². The van der Waals surface area contributed by atoms with Crippen molar-refractivity contribution in [3.05, 3.63) is 28.7 Å². The lowest BCUT2D eigenvalue weighted by Gasteiger charge is -2.06. The van der Waals surface area contributed by atoms with Crippen molar-refractivity contribution in [3.63, 3.8) is 0 Å². The Hall–Kier alpha value is -1.05. The Balaban J connectivity index is 2.36. The van der Waals surface area contributed by atoms with E-state index >= 15 is 0 Å². The van der Waals surface area contributed by atoms with Gasteiger partial charge in [-0.05, 0) is 18.2 Å². The highest BCUT2D eigenvalue weighted by molar-refractivity contribution is 9.10. The Bertz CT molecular complexity index is 335. The zero-order valence-corrected chi connectivity index (χ0v) is 9.20. The average Bonchev–Trinajstić information content (AvgIpc) is 2.17. The largest absolute Gasteiger partial charge is 0.493 e. The van der Waals surface area contributed by atoms with Crippen LogP contribution in [0, 0.1) is 11.3 Å². The molecule has 14 heavy (non-hydrogen) atoms. The highest BCUT2D eigenvalue weighted by Crippen LogP contribution is 2.17. The van der Waals surface area contributed by atoms with Gasteiger partial charge < -0.3 is 10.5 Å². The fourth-order valence-electron chi connectivity index (χ4n) is 0.925. The standard InChI is InChI=1S/C10H11BrN2O/c11-8-2-1-3-10(6-8)14-5-4-9(13)7-12/h1-3,6,9H,4-5,13H2. The molecule has 0 radical (unpaired) electrons. The van der Waals surface area contributed by atoms with Gasteiger partial charge in [-0.2, -0.15) is 5.26 Å². The van der Waals surface area contributed by atoms with Gasteiger partial charge >= 0.3 is 0 Å². The van der Waals surface area contributed by atoms with E-state index in [-0.39, 0.29) is 0 Å². The van der Waals surface area contributed by atoms with Gasteiger partial charge in [0.05, 0.1) is 18.7 Å². The number of nitrogens with zero attached hydrogens (tertiary/aromatic N) is 1. The van der Waals surface area contributed by atoms with Crippen LogP contribution in [0.15, 0.2) is 28.7 Å². The molecule has 0 bridgehead atoms. The molecule has 0 fully saturated rings. The first kappa shape index (κ1) is 11.0. The normalized spacial score (nSPS) is 11.8. The summed E-state index contributed by atoms with van der Waals surface area (Å²) in [6.45, 7) is 0.463. The second kappa shape index (κ2) is 5.63. The summed E-state index contributed by atoms with van der Waals surface area (Å²) in [5.41, 5.74) is 5.42. The van der Waals surface area contributed by atoms with Crippen molar-refractivity contribution in [2.75, 3.05) is 6.61 Å². The first-order valence-electron chi connectivity index (χ1n) is 4.26. The molecule has 0 aliphatic carbocycles. The third-order valence-corrected chi connectivity index (χ3v) is 2.15. The number of nitriles is 1. The molecule has 4 heteroatoms. The van der Waals surface area contributed by atoms with Gasteiger partial charge in [-0.1, -0.05) is 22.0 Å². The van der Waals surface area contributed by atoms with Gasteiger partial charge in [0.25, 0.3) is 0 Å². The molecule has 74 valence electrons. The van der Waals surface area contributed by atoms with Crippen LogP contribution in [0.2, 0.25) is 0 Å². The number of halogens is 1. The molecule has 0 spiro atoms. The predicted molar refractivity (Wildman–Crippen MR) is 57.8 cm³/mol. The molecular weight excluding hydrogens is 244 g/mol. The minimum atomic E-state index is -0.442. The van der Waals surface area contributed by atoms with Crippen LogP contribution in [0.25, 0.3) is 0 Å². The summed E-state index contributed by atoms with van der Waals surface area (Å²) in [6.07, 6.45) is 0.545. The number of nitrogens with two attached hydrogens (primary N) is 1. The lowest BCUT2D eigenvalue weighted by molar-refractivity contribution is 0.306. The molecule has 1 atom stereocenters. The van der Waals surface area contributed by atoms with E-state index in [4.69, 9.17) is 15.7 Å². The van der Waals surface area contributed by atoms with Crippen LogP contribution in [-0.2, 0) is 0 Å². The maximum atomic E-state index is 8.44. The Morgan fingerprint density at radius 1 is 1.57 bits per heavy atom. The smallest absolute Gasteiger partial charge is 0.120 e. The number of benzene rings is 1. The van der Waals surface area contributed by atoms with Gasteiger partial charge in [0.15, 0.2) is 0 Å². The molecule has 0 amide bonds. The average molecular weight is 255 g/mol. The van der Waals surface area contributed by atoms with Crippen molar-refractivity contribution in [1.82, 2.24) is 0 Å². The SMILES string of the molecule is N#CC(N)CCOc1cccc(Br)c1. The summed E-state index contributed by atoms with van der Waals surface area (Å²) in [5, 5.41) is 8.44. The topological polar surface area (TPSA) is 59.0 Å². The second-order valence-electron chi connectivity index (χ2n) is 2.83. The summed E-state index contributed by atoms with van der Waals surface area (Å²) in [4.78, 5) is 0. The molecule has 1 aromatic rings. The molecule has 0 aliphatic heterocycles. The summed E-state index contributed by atoms with van der Waals surface area (Å²) < 4.78 is 6.37. The number of hydrogen-bond acceptors (Lipinski definition) is 3. The number of rotatable bonds is 4. The Labute approximate surface area is 91.6 Å². The van der Waals surface area contributed by atoms with Gasteiger partial charge in [-0.15, -0.1) is 0 Å². The number of ether oxygens (including phenoxy) is 1. The van der Waals surface area contributed by atoms with Gasteiger partial charge in [-0.3, -0.25) is 0 Å². The van der Waals surface area contributed by atoms with E-state index in [0.29, 0.717) is 13.0 Å². The fourth-order valence-corrected chi connectivity index (χ4v) is 1.30. The molecular formula is C10H11BrN2O. The van der Waals surface area contributed by atoms with Crippen LogP contribution in [0.1, 0.15) is 6.42 Å². The van der Waals surface area contributed by atoms with E-state index in [9.17, 15) is 0 Å². The molecule has 0 saturated heterocycles. The van der Waals surface area contributed by atoms with Gasteiger partial charge in [0.2, 0.25) is 0 Å². The van der Waals surface area contributed by atoms with Crippen LogP contribution >= 0.6 is 15.9 Å². The number of hydrogen-bond donors (Lipinski definition) is 1. The highest BCUT2D eigenvalue weighted by atomic mass is 79.9. The first-order valence-corrected chi connectivity index (χ1v) is 5.05. The monoisotopic (exact) mass is 254 g/mol. The minimum Gasteiger partial charge on any atom is -0.493 e.